The first-order valence-electron chi connectivity index (χ1n) is 10.4. The van der Waals surface area contributed by atoms with E-state index in [1.807, 2.05) is 66.7 Å². The standard InChI is InChI=1S/C25H23ClN2O2/c26-20-5-3-4-19(14-20)17-7-9-18(10-8-17)25(29)28-21-11-12-22(28)16-23(15-21)30-24-6-1-2-13-27-24/h1-10,13-14,21-23H,11-12,15-16H2. The summed E-state index contributed by atoms with van der Waals surface area (Å²) in [5, 5.41) is 0.708. The monoisotopic (exact) mass is 418 g/mol. The third-order valence-corrected chi connectivity index (χ3v) is 6.37. The molecule has 1 amide bonds. The summed E-state index contributed by atoms with van der Waals surface area (Å²) in [7, 11) is 0. The zero-order chi connectivity index (χ0) is 20.5. The Morgan fingerprint density at radius 3 is 2.37 bits per heavy atom. The molecule has 0 saturated carbocycles. The van der Waals surface area contributed by atoms with Crippen molar-refractivity contribution in [2.45, 2.75) is 43.9 Å². The Labute approximate surface area is 181 Å². The van der Waals surface area contributed by atoms with Crippen LogP contribution in [0.25, 0.3) is 11.1 Å². The number of amides is 1. The van der Waals surface area contributed by atoms with Crippen molar-refractivity contribution >= 4 is 17.5 Å². The van der Waals surface area contributed by atoms with Crippen LogP contribution in [-0.2, 0) is 0 Å². The number of carbonyl (C=O) groups excluding carboxylic acids is 1. The fourth-order valence-electron chi connectivity index (χ4n) is 4.76. The average Bonchev–Trinajstić information content (AvgIpc) is 3.04. The molecular formula is C25H23ClN2O2. The first kappa shape index (κ1) is 19.1. The highest BCUT2D eigenvalue weighted by molar-refractivity contribution is 6.30. The van der Waals surface area contributed by atoms with Gasteiger partial charge in [0.05, 0.1) is 0 Å². The van der Waals surface area contributed by atoms with Crippen LogP contribution in [0.2, 0.25) is 5.02 Å². The van der Waals surface area contributed by atoms with Crippen LogP contribution in [-0.4, -0.2) is 34.0 Å². The molecule has 2 aliphatic heterocycles. The number of nitrogens with zero attached hydrogens (tertiary/aromatic N) is 2. The minimum Gasteiger partial charge on any atom is -0.474 e. The number of benzene rings is 2. The summed E-state index contributed by atoms with van der Waals surface area (Å²) >= 11 is 6.10. The van der Waals surface area contributed by atoms with Crippen LogP contribution in [0.4, 0.5) is 0 Å². The molecule has 2 aliphatic rings. The molecule has 30 heavy (non-hydrogen) atoms. The van der Waals surface area contributed by atoms with Gasteiger partial charge >= 0.3 is 0 Å². The molecule has 2 saturated heterocycles. The van der Waals surface area contributed by atoms with E-state index in [1.165, 1.54) is 0 Å². The van der Waals surface area contributed by atoms with E-state index in [0.29, 0.717) is 10.9 Å². The van der Waals surface area contributed by atoms with Crippen LogP contribution in [0, 0.1) is 0 Å². The van der Waals surface area contributed by atoms with Gasteiger partial charge in [-0.05, 0) is 54.3 Å². The van der Waals surface area contributed by atoms with E-state index in [1.54, 1.807) is 6.20 Å². The van der Waals surface area contributed by atoms with Crippen LogP contribution in [0.5, 0.6) is 5.88 Å². The Balaban J connectivity index is 1.29. The highest BCUT2D eigenvalue weighted by atomic mass is 35.5. The maximum Gasteiger partial charge on any atom is 0.254 e. The highest BCUT2D eigenvalue weighted by Crippen LogP contribution is 2.38. The van der Waals surface area contributed by atoms with Gasteiger partial charge in [0.15, 0.2) is 0 Å². The topological polar surface area (TPSA) is 42.4 Å². The van der Waals surface area contributed by atoms with Crippen molar-refractivity contribution in [3.8, 4) is 17.0 Å². The minimum absolute atomic E-state index is 0.117. The van der Waals surface area contributed by atoms with E-state index in [0.717, 1.165) is 42.4 Å². The third kappa shape index (κ3) is 3.80. The van der Waals surface area contributed by atoms with Crippen LogP contribution in [0.3, 0.4) is 0 Å². The number of hydrogen-bond donors (Lipinski definition) is 0. The molecule has 2 unspecified atom stereocenters. The van der Waals surface area contributed by atoms with Crippen molar-refractivity contribution in [3.63, 3.8) is 0 Å². The zero-order valence-electron chi connectivity index (χ0n) is 16.6. The summed E-state index contributed by atoms with van der Waals surface area (Å²) in [6, 6.07) is 21.8. The number of rotatable bonds is 4. The van der Waals surface area contributed by atoms with Crippen molar-refractivity contribution in [2.75, 3.05) is 0 Å². The van der Waals surface area contributed by atoms with Crippen molar-refractivity contribution in [3.05, 3.63) is 83.5 Å². The second kappa shape index (κ2) is 8.11. The van der Waals surface area contributed by atoms with Crippen LogP contribution in [0.1, 0.15) is 36.0 Å². The Morgan fingerprint density at radius 1 is 0.933 bits per heavy atom. The zero-order valence-corrected chi connectivity index (χ0v) is 17.3. The second-order valence-corrected chi connectivity index (χ2v) is 8.50. The summed E-state index contributed by atoms with van der Waals surface area (Å²) in [6.07, 6.45) is 5.67. The quantitative estimate of drug-likeness (QED) is 0.552. The molecule has 2 fully saturated rings. The van der Waals surface area contributed by atoms with Gasteiger partial charge in [-0.25, -0.2) is 4.98 Å². The van der Waals surface area contributed by atoms with Crippen LogP contribution < -0.4 is 4.74 Å². The average molecular weight is 419 g/mol. The molecule has 1 aromatic heterocycles. The third-order valence-electron chi connectivity index (χ3n) is 6.14. The van der Waals surface area contributed by atoms with Gasteiger partial charge in [-0.2, -0.15) is 0 Å². The fraction of sp³-hybridized carbons (Fsp3) is 0.280. The summed E-state index contributed by atoms with van der Waals surface area (Å²) < 4.78 is 6.08. The van der Waals surface area contributed by atoms with E-state index in [4.69, 9.17) is 16.3 Å². The van der Waals surface area contributed by atoms with Gasteiger partial charge in [0.2, 0.25) is 5.88 Å². The lowest BCUT2D eigenvalue weighted by Gasteiger charge is -2.38. The van der Waals surface area contributed by atoms with E-state index < -0.39 is 0 Å². The Kier molecular flexibility index (Phi) is 5.17. The first-order chi connectivity index (χ1) is 14.7. The Morgan fingerprint density at radius 2 is 1.70 bits per heavy atom. The summed E-state index contributed by atoms with van der Waals surface area (Å²) in [4.78, 5) is 19.6. The van der Waals surface area contributed by atoms with Gasteiger partial charge in [0, 0.05) is 47.8 Å². The lowest BCUT2D eigenvalue weighted by atomic mass is 9.97. The number of aromatic nitrogens is 1. The molecule has 4 nitrogen and oxygen atoms in total. The number of piperidine rings is 1. The number of halogens is 1. The van der Waals surface area contributed by atoms with E-state index in [-0.39, 0.29) is 24.1 Å². The predicted octanol–water partition coefficient (Wildman–Crippen LogP) is 5.62. The van der Waals surface area contributed by atoms with Crippen LogP contribution >= 0.6 is 11.6 Å². The number of hydrogen-bond acceptors (Lipinski definition) is 3. The summed E-state index contributed by atoms with van der Waals surface area (Å²) in [5.41, 5.74) is 2.84. The number of carbonyl (C=O) groups is 1. The maximum absolute atomic E-state index is 13.3. The normalized spacial score (nSPS) is 22.7. The Bertz CT molecular complexity index is 1020. The number of fused-ring (bicyclic) bond motifs is 2. The molecule has 0 spiro atoms. The lowest BCUT2D eigenvalue weighted by Crippen LogP contribution is -2.49. The number of ether oxygens (including phenoxy) is 1. The number of pyridine rings is 1. The molecule has 0 aliphatic carbocycles. The highest BCUT2D eigenvalue weighted by Gasteiger charge is 2.44. The Hall–Kier alpha value is -2.85. The molecule has 5 heteroatoms. The van der Waals surface area contributed by atoms with Crippen molar-refractivity contribution in [2.24, 2.45) is 0 Å². The molecule has 2 atom stereocenters. The van der Waals surface area contributed by atoms with E-state index in [2.05, 4.69) is 9.88 Å². The van der Waals surface area contributed by atoms with Gasteiger partial charge in [-0.1, -0.05) is 41.9 Å². The molecule has 0 radical (unpaired) electrons. The fourth-order valence-corrected chi connectivity index (χ4v) is 4.96. The SMILES string of the molecule is O=C(c1ccc(-c2cccc(Cl)c2)cc1)N1C2CCC1CC(Oc1ccccn1)C2. The molecule has 2 bridgehead atoms. The molecular weight excluding hydrogens is 396 g/mol. The van der Waals surface area contributed by atoms with Gasteiger partial charge in [0.25, 0.3) is 5.91 Å². The molecule has 0 N–H and O–H groups in total. The van der Waals surface area contributed by atoms with Gasteiger partial charge < -0.3 is 9.64 Å². The van der Waals surface area contributed by atoms with Crippen molar-refractivity contribution < 1.29 is 9.53 Å². The molecule has 152 valence electrons. The predicted molar refractivity (Wildman–Crippen MR) is 118 cm³/mol. The molecule has 5 rings (SSSR count). The minimum atomic E-state index is 0.117. The lowest BCUT2D eigenvalue weighted by molar-refractivity contribution is 0.0348. The van der Waals surface area contributed by atoms with E-state index >= 15 is 0 Å². The first-order valence-corrected chi connectivity index (χ1v) is 10.8. The van der Waals surface area contributed by atoms with Gasteiger partial charge in [-0.15, -0.1) is 0 Å². The second-order valence-electron chi connectivity index (χ2n) is 8.06. The van der Waals surface area contributed by atoms with Crippen molar-refractivity contribution in [1.29, 1.82) is 0 Å². The maximum atomic E-state index is 13.3. The van der Waals surface area contributed by atoms with Gasteiger partial charge in [0.1, 0.15) is 6.10 Å². The van der Waals surface area contributed by atoms with Crippen LogP contribution in [0.15, 0.2) is 72.9 Å². The molecule has 3 aromatic rings. The largest absolute Gasteiger partial charge is 0.474 e. The summed E-state index contributed by atoms with van der Waals surface area (Å²) in [5.74, 6) is 0.787. The van der Waals surface area contributed by atoms with Gasteiger partial charge in [-0.3, -0.25) is 4.79 Å². The van der Waals surface area contributed by atoms with Crippen molar-refractivity contribution in [1.82, 2.24) is 9.88 Å². The summed E-state index contributed by atoms with van der Waals surface area (Å²) in [6.45, 7) is 0. The smallest absolute Gasteiger partial charge is 0.254 e. The van der Waals surface area contributed by atoms with E-state index in [9.17, 15) is 4.79 Å². The molecule has 2 aromatic carbocycles. The molecule has 3 heterocycles.